The number of carbonyl (C=O) groups is 1. The second-order valence-electron chi connectivity index (χ2n) is 5.60. The normalized spacial score (nSPS) is 27.9. The van der Waals surface area contributed by atoms with Crippen LogP contribution >= 0.6 is 0 Å². The van der Waals surface area contributed by atoms with Crippen LogP contribution in [0.25, 0.3) is 0 Å². The van der Waals surface area contributed by atoms with Gasteiger partial charge >= 0.3 is 0 Å². The summed E-state index contributed by atoms with van der Waals surface area (Å²) in [6.07, 6.45) is 4.97. The summed E-state index contributed by atoms with van der Waals surface area (Å²) in [5.74, 6) is 0.289. The van der Waals surface area contributed by atoms with Crippen LogP contribution in [-0.2, 0) is 4.79 Å². The summed E-state index contributed by atoms with van der Waals surface area (Å²) in [7, 11) is 0. The lowest BCUT2D eigenvalue weighted by Gasteiger charge is -2.40. The van der Waals surface area contributed by atoms with E-state index >= 15 is 0 Å². The number of hydrogen-bond acceptors (Lipinski definition) is 2. The van der Waals surface area contributed by atoms with Crippen molar-refractivity contribution in [2.45, 2.75) is 58.9 Å². The summed E-state index contributed by atoms with van der Waals surface area (Å²) in [5.41, 5.74) is 6.01. The Labute approximate surface area is 99.4 Å². The van der Waals surface area contributed by atoms with Crippen molar-refractivity contribution in [3.8, 4) is 0 Å². The van der Waals surface area contributed by atoms with E-state index in [1.54, 1.807) is 0 Å². The molecular weight excluding hydrogens is 200 g/mol. The summed E-state index contributed by atoms with van der Waals surface area (Å²) in [4.78, 5) is 14.0. The number of nitrogens with zero attached hydrogens (tertiary/aromatic N) is 1. The quantitative estimate of drug-likeness (QED) is 0.798. The Bertz CT molecular complexity index is 240. The first-order chi connectivity index (χ1) is 7.47. The average molecular weight is 226 g/mol. The van der Waals surface area contributed by atoms with Gasteiger partial charge in [-0.15, -0.1) is 0 Å². The number of carbonyl (C=O) groups excluding carboxylic acids is 1. The van der Waals surface area contributed by atoms with E-state index in [2.05, 4.69) is 13.8 Å². The van der Waals surface area contributed by atoms with Crippen molar-refractivity contribution in [1.29, 1.82) is 0 Å². The SMILES string of the molecule is CCC1(C)CCCN(C(=O)CCC(C)N)C1. The number of hydrogen-bond donors (Lipinski definition) is 1. The van der Waals surface area contributed by atoms with Gasteiger partial charge in [-0.3, -0.25) is 4.79 Å². The molecule has 0 aliphatic carbocycles. The van der Waals surface area contributed by atoms with Gasteiger partial charge in [0, 0.05) is 25.6 Å². The second kappa shape index (κ2) is 5.67. The largest absolute Gasteiger partial charge is 0.342 e. The highest BCUT2D eigenvalue weighted by Gasteiger charge is 2.31. The molecule has 1 aliphatic rings. The first-order valence-corrected chi connectivity index (χ1v) is 6.50. The van der Waals surface area contributed by atoms with Gasteiger partial charge in [-0.2, -0.15) is 0 Å². The van der Waals surface area contributed by atoms with Crippen LogP contribution < -0.4 is 5.73 Å². The molecule has 1 aliphatic heterocycles. The number of likely N-dealkylation sites (tertiary alicyclic amines) is 1. The minimum Gasteiger partial charge on any atom is -0.342 e. The molecule has 2 atom stereocenters. The van der Waals surface area contributed by atoms with Gasteiger partial charge in [0.25, 0.3) is 0 Å². The number of rotatable bonds is 4. The van der Waals surface area contributed by atoms with Crippen molar-refractivity contribution >= 4 is 5.91 Å². The molecule has 2 N–H and O–H groups in total. The maximum Gasteiger partial charge on any atom is 0.222 e. The fraction of sp³-hybridized carbons (Fsp3) is 0.923. The standard InChI is InChI=1S/C13H26N2O/c1-4-13(3)8-5-9-15(10-13)12(16)7-6-11(2)14/h11H,4-10,14H2,1-3H3. The Morgan fingerprint density at radius 3 is 2.81 bits per heavy atom. The first kappa shape index (κ1) is 13.5. The van der Waals surface area contributed by atoms with Crippen LogP contribution in [0.4, 0.5) is 0 Å². The number of piperidine rings is 1. The lowest BCUT2D eigenvalue weighted by molar-refractivity contribution is -0.134. The van der Waals surface area contributed by atoms with Crippen molar-refractivity contribution in [3.63, 3.8) is 0 Å². The number of nitrogens with two attached hydrogens (primary N) is 1. The monoisotopic (exact) mass is 226 g/mol. The van der Waals surface area contributed by atoms with E-state index in [-0.39, 0.29) is 11.9 Å². The molecule has 0 radical (unpaired) electrons. The Hall–Kier alpha value is -0.570. The van der Waals surface area contributed by atoms with E-state index in [1.807, 2.05) is 11.8 Å². The summed E-state index contributed by atoms with van der Waals surface area (Å²) in [5, 5.41) is 0. The highest BCUT2D eigenvalue weighted by atomic mass is 16.2. The Kier molecular flexibility index (Phi) is 4.78. The molecule has 0 aromatic carbocycles. The lowest BCUT2D eigenvalue weighted by atomic mass is 9.79. The molecule has 0 spiro atoms. The molecule has 3 heteroatoms. The maximum atomic E-state index is 12.0. The van der Waals surface area contributed by atoms with Crippen LogP contribution in [0.1, 0.15) is 52.9 Å². The Balaban J connectivity index is 2.44. The third-order valence-corrected chi connectivity index (χ3v) is 3.80. The van der Waals surface area contributed by atoms with E-state index in [1.165, 1.54) is 6.42 Å². The van der Waals surface area contributed by atoms with Gasteiger partial charge in [-0.05, 0) is 38.0 Å². The number of amides is 1. The predicted octanol–water partition coefficient (Wildman–Crippen LogP) is 2.15. The topological polar surface area (TPSA) is 46.3 Å². The zero-order valence-electron chi connectivity index (χ0n) is 11.0. The molecule has 0 saturated carbocycles. The van der Waals surface area contributed by atoms with Crippen LogP contribution in [0, 0.1) is 5.41 Å². The predicted molar refractivity (Wildman–Crippen MR) is 67.1 cm³/mol. The van der Waals surface area contributed by atoms with Crippen LogP contribution in [0.15, 0.2) is 0 Å². The summed E-state index contributed by atoms with van der Waals surface area (Å²) in [6.45, 7) is 8.34. The Morgan fingerprint density at radius 2 is 2.25 bits per heavy atom. The average Bonchev–Trinajstić information content (AvgIpc) is 2.26. The molecule has 2 unspecified atom stereocenters. The van der Waals surface area contributed by atoms with Gasteiger partial charge in [0.05, 0.1) is 0 Å². The highest BCUT2D eigenvalue weighted by molar-refractivity contribution is 5.76. The smallest absolute Gasteiger partial charge is 0.222 e. The van der Waals surface area contributed by atoms with Gasteiger partial charge in [0.2, 0.25) is 5.91 Å². The molecule has 1 fully saturated rings. The van der Waals surface area contributed by atoms with Crippen LogP contribution in [0.2, 0.25) is 0 Å². The second-order valence-corrected chi connectivity index (χ2v) is 5.60. The molecule has 94 valence electrons. The molecule has 1 amide bonds. The van der Waals surface area contributed by atoms with E-state index in [0.29, 0.717) is 11.8 Å². The fourth-order valence-electron chi connectivity index (χ4n) is 2.33. The van der Waals surface area contributed by atoms with Crippen molar-refractivity contribution in [2.75, 3.05) is 13.1 Å². The van der Waals surface area contributed by atoms with E-state index in [9.17, 15) is 4.79 Å². The van der Waals surface area contributed by atoms with Gasteiger partial charge in [0.15, 0.2) is 0 Å². The molecule has 16 heavy (non-hydrogen) atoms. The van der Waals surface area contributed by atoms with E-state index in [4.69, 9.17) is 5.73 Å². The van der Waals surface area contributed by atoms with Crippen molar-refractivity contribution in [2.24, 2.45) is 11.1 Å². The highest BCUT2D eigenvalue weighted by Crippen LogP contribution is 2.32. The molecule has 1 rings (SSSR count). The molecule has 0 aromatic heterocycles. The molecule has 0 aromatic rings. The minimum absolute atomic E-state index is 0.131. The van der Waals surface area contributed by atoms with Gasteiger partial charge < -0.3 is 10.6 Å². The lowest BCUT2D eigenvalue weighted by Crippen LogP contribution is -2.44. The molecular formula is C13H26N2O. The third-order valence-electron chi connectivity index (χ3n) is 3.80. The zero-order valence-corrected chi connectivity index (χ0v) is 11.0. The molecule has 1 saturated heterocycles. The molecule has 3 nitrogen and oxygen atoms in total. The third kappa shape index (κ3) is 3.78. The van der Waals surface area contributed by atoms with Crippen LogP contribution in [0.3, 0.4) is 0 Å². The maximum absolute atomic E-state index is 12.0. The molecule has 1 heterocycles. The van der Waals surface area contributed by atoms with E-state index < -0.39 is 0 Å². The minimum atomic E-state index is 0.131. The Morgan fingerprint density at radius 1 is 1.56 bits per heavy atom. The fourth-order valence-corrected chi connectivity index (χ4v) is 2.33. The molecule has 0 bridgehead atoms. The van der Waals surface area contributed by atoms with Crippen LogP contribution in [-0.4, -0.2) is 29.9 Å². The van der Waals surface area contributed by atoms with Gasteiger partial charge in [0.1, 0.15) is 0 Å². The van der Waals surface area contributed by atoms with Crippen LogP contribution in [0.5, 0.6) is 0 Å². The van der Waals surface area contributed by atoms with Gasteiger partial charge in [-0.25, -0.2) is 0 Å². The summed E-state index contributed by atoms with van der Waals surface area (Å²) >= 11 is 0. The summed E-state index contributed by atoms with van der Waals surface area (Å²) < 4.78 is 0. The van der Waals surface area contributed by atoms with Crippen molar-refractivity contribution in [1.82, 2.24) is 4.90 Å². The van der Waals surface area contributed by atoms with Gasteiger partial charge in [-0.1, -0.05) is 13.8 Å². The zero-order chi connectivity index (χ0) is 12.2. The van der Waals surface area contributed by atoms with Crippen molar-refractivity contribution in [3.05, 3.63) is 0 Å². The van der Waals surface area contributed by atoms with E-state index in [0.717, 1.165) is 32.4 Å². The van der Waals surface area contributed by atoms with Crippen molar-refractivity contribution < 1.29 is 4.79 Å². The first-order valence-electron chi connectivity index (χ1n) is 6.50. The summed E-state index contributed by atoms with van der Waals surface area (Å²) in [6, 6.07) is 0.131.